The second-order valence-electron chi connectivity index (χ2n) is 11.3. The van der Waals surface area contributed by atoms with Crippen LogP contribution in [0.2, 0.25) is 10.0 Å². The van der Waals surface area contributed by atoms with Crippen molar-refractivity contribution < 1.29 is 14.3 Å². The predicted molar refractivity (Wildman–Crippen MR) is 177 cm³/mol. The minimum absolute atomic E-state index is 0.375. The summed E-state index contributed by atoms with van der Waals surface area (Å²) in [5.74, 6) is 0. The zero-order chi connectivity index (χ0) is 31.8. The van der Waals surface area contributed by atoms with Gasteiger partial charge in [-0.2, -0.15) is 10.5 Å². The number of anilines is 2. The van der Waals surface area contributed by atoms with Crippen molar-refractivity contribution in [3.05, 3.63) is 105 Å². The van der Waals surface area contributed by atoms with Gasteiger partial charge in [0.2, 0.25) is 0 Å². The van der Waals surface area contributed by atoms with Crippen molar-refractivity contribution in [1.82, 2.24) is 0 Å². The third kappa shape index (κ3) is 6.49. The molecule has 2 aliphatic rings. The minimum atomic E-state index is -0.718. The van der Waals surface area contributed by atoms with Crippen LogP contribution in [-0.2, 0) is 20.7 Å². The number of cyclic esters (lactones) is 1. The molecule has 0 spiro atoms. The topological polar surface area (TPSA) is 107 Å². The summed E-state index contributed by atoms with van der Waals surface area (Å²) >= 11 is 17.3. The number of rotatable bonds is 2. The number of amides is 1. The first-order chi connectivity index (χ1) is 20.8. The number of nitrogens with zero attached hydrogens (tertiary/aromatic N) is 2. The van der Waals surface area contributed by atoms with Gasteiger partial charge >= 0.3 is 6.09 Å². The molecular weight excluding hydrogens is 615 g/mol. The minimum Gasteiger partial charge on any atom is -0.460 e. The van der Waals surface area contributed by atoms with E-state index in [1.807, 2.05) is 76.2 Å². The van der Waals surface area contributed by atoms with Gasteiger partial charge in [0.05, 0.1) is 29.0 Å². The van der Waals surface area contributed by atoms with Crippen LogP contribution in [-0.4, -0.2) is 11.3 Å². The fourth-order valence-electron chi connectivity index (χ4n) is 5.15. The highest BCUT2D eigenvalue weighted by atomic mass is 35.5. The maximum Gasteiger partial charge on any atom is 0.412 e. The summed E-state index contributed by atoms with van der Waals surface area (Å²) in [5, 5.41) is 25.3. The second-order valence-corrected chi connectivity index (χ2v) is 12.5. The van der Waals surface area contributed by atoms with Crippen LogP contribution < -0.4 is 10.6 Å². The number of fused-ring (bicyclic) bond motifs is 2. The average Bonchev–Trinajstić information content (AvgIpc) is 2.95. The van der Waals surface area contributed by atoms with Crippen molar-refractivity contribution >= 4 is 58.1 Å². The SMILES string of the molecule is CC1(C)OC(=O)Nc2ccc(-c3cc(Cl)cc(C#N)c3)cc21.CC1(C)OC(=S)Nc2ccc(-c3cc(Cl)cc(C#N)c3)cc21. The van der Waals surface area contributed by atoms with Crippen LogP contribution in [0.15, 0.2) is 72.8 Å². The first-order valence-corrected chi connectivity index (χ1v) is 14.7. The first kappa shape index (κ1) is 30.8. The Hall–Kier alpha value is -4.60. The molecule has 10 heteroatoms. The zero-order valence-electron chi connectivity index (χ0n) is 24.2. The van der Waals surface area contributed by atoms with Gasteiger partial charge < -0.3 is 14.8 Å². The molecule has 0 aliphatic carbocycles. The number of nitrogens with one attached hydrogen (secondary N) is 2. The van der Waals surface area contributed by atoms with Crippen molar-refractivity contribution in [1.29, 1.82) is 10.5 Å². The molecular formula is C34H26Cl2N4O3S. The molecule has 2 N–H and O–H groups in total. The largest absolute Gasteiger partial charge is 0.460 e. The maximum atomic E-state index is 11.5. The molecule has 2 aliphatic heterocycles. The van der Waals surface area contributed by atoms with Gasteiger partial charge in [0.15, 0.2) is 0 Å². The lowest BCUT2D eigenvalue weighted by Crippen LogP contribution is -2.34. The molecule has 1 amide bonds. The van der Waals surface area contributed by atoms with Crippen molar-refractivity contribution in [2.75, 3.05) is 10.6 Å². The predicted octanol–water partition coefficient (Wildman–Crippen LogP) is 9.52. The van der Waals surface area contributed by atoms with Crippen LogP contribution in [0, 0.1) is 22.7 Å². The summed E-state index contributed by atoms with van der Waals surface area (Å²) in [6, 6.07) is 26.4. The van der Waals surface area contributed by atoms with Crippen LogP contribution in [0.3, 0.4) is 0 Å². The third-order valence-corrected chi connectivity index (χ3v) is 7.85. The molecule has 220 valence electrons. The molecule has 0 atom stereocenters. The molecule has 6 rings (SSSR count). The number of halogens is 2. The highest BCUT2D eigenvalue weighted by molar-refractivity contribution is 7.80. The monoisotopic (exact) mass is 640 g/mol. The number of hydrogen-bond donors (Lipinski definition) is 2. The number of carbonyl (C=O) groups is 1. The number of ether oxygens (including phenoxy) is 2. The molecule has 44 heavy (non-hydrogen) atoms. The van der Waals surface area contributed by atoms with E-state index >= 15 is 0 Å². The molecule has 0 aromatic heterocycles. The Kier molecular flexibility index (Phi) is 8.29. The summed E-state index contributed by atoms with van der Waals surface area (Å²) in [6.45, 7) is 7.63. The average molecular weight is 642 g/mol. The van der Waals surface area contributed by atoms with E-state index in [0.717, 1.165) is 44.8 Å². The highest BCUT2D eigenvalue weighted by Crippen LogP contribution is 2.40. The Morgan fingerprint density at radius 2 is 1.11 bits per heavy atom. The third-order valence-electron chi connectivity index (χ3n) is 7.23. The smallest absolute Gasteiger partial charge is 0.412 e. The van der Waals surface area contributed by atoms with Crippen molar-refractivity contribution in [2.24, 2.45) is 0 Å². The molecule has 0 saturated heterocycles. The van der Waals surface area contributed by atoms with Crippen LogP contribution in [0.1, 0.15) is 49.9 Å². The summed E-state index contributed by atoms with van der Waals surface area (Å²) in [6.07, 6.45) is -0.459. The molecule has 0 radical (unpaired) electrons. The van der Waals surface area contributed by atoms with Crippen molar-refractivity contribution in [3.63, 3.8) is 0 Å². The fourth-order valence-corrected chi connectivity index (χ4v) is 5.94. The summed E-state index contributed by atoms with van der Waals surface area (Å²) in [5.41, 5.74) is 7.00. The van der Waals surface area contributed by atoms with Crippen LogP contribution >= 0.6 is 35.4 Å². The van der Waals surface area contributed by atoms with E-state index in [0.29, 0.717) is 26.3 Å². The number of thiocarbonyl (C=S) groups is 1. The number of benzene rings is 4. The van der Waals surface area contributed by atoms with Crippen LogP contribution in [0.4, 0.5) is 16.2 Å². The quantitative estimate of drug-likeness (QED) is 0.210. The molecule has 0 fully saturated rings. The molecule has 4 aromatic carbocycles. The van der Waals surface area contributed by atoms with E-state index in [-0.39, 0.29) is 0 Å². The molecule has 0 bridgehead atoms. The maximum absolute atomic E-state index is 11.5. The summed E-state index contributed by atoms with van der Waals surface area (Å²) in [7, 11) is 0. The van der Waals surface area contributed by atoms with E-state index in [2.05, 4.69) is 22.8 Å². The lowest BCUT2D eigenvalue weighted by molar-refractivity contribution is 0.0421. The van der Waals surface area contributed by atoms with Crippen LogP contribution in [0.25, 0.3) is 22.3 Å². The van der Waals surface area contributed by atoms with Gasteiger partial charge in [-0.25, -0.2) is 4.79 Å². The fraction of sp³-hybridized carbons (Fsp3) is 0.176. The number of carbonyl (C=O) groups excluding carboxylic acids is 1. The Morgan fingerprint density at radius 3 is 1.59 bits per heavy atom. The Balaban J connectivity index is 0.000000175. The van der Waals surface area contributed by atoms with E-state index in [1.54, 1.807) is 24.3 Å². The summed E-state index contributed by atoms with van der Waals surface area (Å²) < 4.78 is 11.0. The van der Waals surface area contributed by atoms with E-state index < -0.39 is 17.3 Å². The highest BCUT2D eigenvalue weighted by Gasteiger charge is 2.34. The Labute approximate surface area is 270 Å². The molecule has 7 nitrogen and oxygen atoms in total. The first-order valence-electron chi connectivity index (χ1n) is 13.5. The van der Waals surface area contributed by atoms with E-state index in [9.17, 15) is 4.79 Å². The van der Waals surface area contributed by atoms with Crippen LogP contribution in [0.5, 0.6) is 0 Å². The number of nitriles is 2. The van der Waals surface area contributed by atoms with Gasteiger partial charge in [-0.05, 0) is 123 Å². The van der Waals surface area contributed by atoms with Gasteiger partial charge in [0, 0.05) is 26.9 Å². The standard InChI is InChI=1S/C17H13ClN2O2.C17H13ClN2OS/c1-17(2)14-8-11(3-4-15(14)20-16(21)22-17)12-5-10(9-19)6-13(18)7-12;1-17(2)14-8-11(3-4-15(14)20-16(22)21-17)12-5-10(9-19)6-13(18)7-12/h3-8H,1-2H3,(H,20,21);3-8H,1-2H3,(H,20,22). The molecule has 2 heterocycles. The Morgan fingerprint density at radius 1 is 0.659 bits per heavy atom. The molecule has 4 aromatic rings. The molecule has 0 unspecified atom stereocenters. The van der Waals surface area contributed by atoms with Crippen molar-refractivity contribution in [2.45, 2.75) is 38.9 Å². The van der Waals surface area contributed by atoms with Gasteiger partial charge in [0.1, 0.15) is 11.2 Å². The van der Waals surface area contributed by atoms with E-state index in [1.165, 1.54) is 0 Å². The number of hydrogen-bond acceptors (Lipinski definition) is 6. The molecule has 0 saturated carbocycles. The normalized spacial score (nSPS) is 15.3. The van der Waals surface area contributed by atoms with Crippen molar-refractivity contribution in [3.8, 4) is 34.4 Å². The van der Waals surface area contributed by atoms with Gasteiger partial charge in [0.25, 0.3) is 5.17 Å². The zero-order valence-corrected chi connectivity index (χ0v) is 26.5. The Bertz CT molecular complexity index is 1790. The lowest BCUT2D eigenvalue weighted by atomic mass is 9.91. The van der Waals surface area contributed by atoms with E-state index in [4.69, 9.17) is 55.4 Å². The summed E-state index contributed by atoms with van der Waals surface area (Å²) in [4.78, 5) is 11.5. The van der Waals surface area contributed by atoms with Gasteiger partial charge in [-0.3, -0.25) is 5.32 Å². The van der Waals surface area contributed by atoms with Gasteiger partial charge in [-0.15, -0.1) is 0 Å². The van der Waals surface area contributed by atoms with Gasteiger partial charge in [-0.1, -0.05) is 35.3 Å². The lowest BCUT2D eigenvalue weighted by Gasteiger charge is -2.34. The second kappa shape index (κ2) is 11.8.